The molecule has 0 atom stereocenters. The van der Waals surface area contributed by atoms with Gasteiger partial charge in [-0.25, -0.2) is 4.79 Å². The van der Waals surface area contributed by atoms with E-state index in [0.29, 0.717) is 6.54 Å². The largest absolute Gasteiger partial charge is 0.444 e. The Morgan fingerprint density at radius 3 is 2.83 bits per heavy atom. The quantitative estimate of drug-likeness (QED) is 0.759. The number of amides is 1. The Kier molecular flexibility index (Phi) is 5.82. The minimum Gasteiger partial charge on any atom is -0.444 e. The number of aromatic nitrogens is 1. The normalized spacial score (nSPS) is 11.3. The molecule has 0 radical (unpaired) electrons. The van der Waals surface area contributed by atoms with Crippen LogP contribution in [0.15, 0.2) is 34.9 Å². The van der Waals surface area contributed by atoms with Crippen LogP contribution in [0, 0.1) is 0 Å². The van der Waals surface area contributed by atoms with E-state index in [1.54, 1.807) is 6.20 Å². The average Bonchev–Trinajstić information content (AvgIpc) is 2.44. The van der Waals surface area contributed by atoms with E-state index >= 15 is 0 Å². The lowest BCUT2D eigenvalue weighted by Crippen LogP contribution is -2.33. The zero-order chi connectivity index (χ0) is 16.9. The minimum absolute atomic E-state index is 0.380. The van der Waals surface area contributed by atoms with Crippen LogP contribution in [0.3, 0.4) is 0 Å². The van der Waals surface area contributed by atoms with Crippen molar-refractivity contribution < 1.29 is 9.53 Å². The summed E-state index contributed by atoms with van der Waals surface area (Å²) in [5.74, 6) is 0. The van der Waals surface area contributed by atoms with Crippen LogP contribution < -0.4 is 10.6 Å². The van der Waals surface area contributed by atoms with E-state index in [1.165, 1.54) is 0 Å². The van der Waals surface area contributed by atoms with Crippen molar-refractivity contribution in [1.82, 2.24) is 10.3 Å². The smallest absolute Gasteiger partial charge is 0.407 e. The maximum Gasteiger partial charge on any atom is 0.407 e. The summed E-state index contributed by atoms with van der Waals surface area (Å²) in [6, 6.07) is 8.07. The molecule has 0 bridgehead atoms. The molecule has 0 unspecified atom stereocenters. The number of pyridine rings is 1. The first kappa shape index (κ1) is 17.5. The van der Waals surface area contributed by atoms with E-state index in [-0.39, 0.29) is 6.09 Å². The summed E-state index contributed by atoms with van der Waals surface area (Å²) in [6.45, 7) is 6.85. The molecule has 2 aromatic rings. The molecular weight excluding hydrogens is 358 g/mol. The number of para-hydroxylation sites is 1. The molecular formula is C17H22BrN3O2. The molecule has 2 N–H and O–H groups in total. The van der Waals surface area contributed by atoms with E-state index in [2.05, 4.69) is 31.5 Å². The maximum absolute atomic E-state index is 11.5. The molecule has 5 nitrogen and oxygen atoms in total. The van der Waals surface area contributed by atoms with Gasteiger partial charge in [-0.05, 0) is 55.3 Å². The maximum atomic E-state index is 11.5. The van der Waals surface area contributed by atoms with Crippen molar-refractivity contribution in [3.05, 3.63) is 34.9 Å². The van der Waals surface area contributed by atoms with Gasteiger partial charge in [-0.1, -0.05) is 12.1 Å². The lowest BCUT2D eigenvalue weighted by Gasteiger charge is -2.19. The highest BCUT2D eigenvalue weighted by Crippen LogP contribution is 2.23. The molecule has 0 spiro atoms. The van der Waals surface area contributed by atoms with Crippen molar-refractivity contribution >= 4 is 38.6 Å². The van der Waals surface area contributed by atoms with Crippen LogP contribution in [0.1, 0.15) is 27.2 Å². The minimum atomic E-state index is -0.467. The van der Waals surface area contributed by atoms with Crippen LogP contribution in [0.4, 0.5) is 10.5 Å². The SMILES string of the molecule is CC(C)(C)OC(=O)NCCCNc1cccc2cc(Br)cnc12. The van der Waals surface area contributed by atoms with Crippen LogP contribution >= 0.6 is 15.9 Å². The van der Waals surface area contributed by atoms with Crippen molar-refractivity contribution in [3.63, 3.8) is 0 Å². The van der Waals surface area contributed by atoms with E-state index < -0.39 is 5.60 Å². The topological polar surface area (TPSA) is 63.2 Å². The number of ether oxygens (including phenoxy) is 1. The van der Waals surface area contributed by atoms with Gasteiger partial charge >= 0.3 is 6.09 Å². The predicted molar refractivity (Wildman–Crippen MR) is 96.8 cm³/mol. The van der Waals surface area contributed by atoms with Gasteiger partial charge in [-0.15, -0.1) is 0 Å². The van der Waals surface area contributed by atoms with Crippen LogP contribution in [0.2, 0.25) is 0 Å². The molecule has 0 saturated heterocycles. The molecule has 0 aliphatic heterocycles. The Hall–Kier alpha value is -1.82. The van der Waals surface area contributed by atoms with Crippen LogP contribution in [-0.2, 0) is 4.74 Å². The van der Waals surface area contributed by atoms with Gasteiger partial charge in [0.2, 0.25) is 0 Å². The summed E-state index contributed by atoms with van der Waals surface area (Å²) < 4.78 is 6.15. The Morgan fingerprint density at radius 1 is 1.30 bits per heavy atom. The highest BCUT2D eigenvalue weighted by atomic mass is 79.9. The number of alkyl carbamates (subject to hydrolysis) is 1. The zero-order valence-electron chi connectivity index (χ0n) is 13.6. The molecule has 0 saturated carbocycles. The highest BCUT2D eigenvalue weighted by molar-refractivity contribution is 9.10. The number of fused-ring (bicyclic) bond motifs is 1. The molecule has 0 aliphatic carbocycles. The Bertz CT molecular complexity index is 683. The molecule has 6 heteroatoms. The summed E-state index contributed by atoms with van der Waals surface area (Å²) in [5.41, 5.74) is 1.47. The second-order valence-corrected chi connectivity index (χ2v) is 7.16. The van der Waals surface area contributed by atoms with E-state index in [1.807, 2.05) is 45.0 Å². The number of carbonyl (C=O) groups is 1. The molecule has 1 heterocycles. The van der Waals surface area contributed by atoms with Gasteiger partial charge < -0.3 is 15.4 Å². The molecule has 124 valence electrons. The van der Waals surface area contributed by atoms with Crippen molar-refractivity contribution in [1.29, 1.82) is 0 Å². The summed E-state index contributed by atoms with van der Waals surface area (Å²) in [4.78, 5) is 16.0. The number of rotatable bonds is 5. The standard InChI is InChI=1S/C17H22BrN3O2/c1-17(2,3)23-16(22)20-9-5-8-19-14-7-4-6-12-10-13(18)11-21-15(12)14/h4,6-7,10-11,19H,5,8-9H2,1-3H3,(H,20,22). The molecule has 23 heavy (non-hydrogen) atoms. The molecule has 2 rings (SSSR count). The molecule has 1 aromatic carbocycles. The van der Waals surface area contributed by atoms with E-state index in [9.17, 15) is 4.79 Å². The zero-order valence-corrected chi connectivity index (χ0v) is 15.2. The molecule has 1 amide bonds. The van der Waals surface area contributed by atoms with Crippen molar-refractivity contribution in [2.75, 3.05) is 18.4 Å². The molecule has 1 aromatic heterocycles. The monoisotopic (exact) mass is 379 g/mol. The first-order chi connectivity index (χ1) is 10.8. The van der Waals surface area contributed by atoms with Crippen LogP contribution in [-0.4, -0.2) is 29.8 Å². The first-order valence-corrected chi connectivity index (χ1v) is 8.39. The lowest BCUT2D eigenvalue weighted by atomic mass is 10.2. The summed E-state index contributed by atoms with van der Waals surface area (Å²) >= 11 is 3.43. The third kappa shape index (κ3) is 5.71. The Balaban J connectivity index is 1.80. The first-order valence-electron chi connectivity index (χ1n) is 7.60. The average molecular weight is 380 g/mol. The molecule has 0 aliphatic rings. The summed E-state index contributed by atoms with van der Waals surface area (Å²) in [6.07, 6.45) is 2.21. The fourth-order valence-corrected chi connectivity index (χ4v) is 2.44. The van der Waals surface area contributed by atoms with Gasteiger partial charge in [-0.3, -0.25) is 4.98 Å². The third-order valence-corrected chi connectivity index (χ3v) is 3.45. The second-order valence-electron chi connectivity index (χ2n) is 6.24. The van der Waals surface area contributed by atoms with Crippen LogP contribution in [0.5, 0.6) is 0 Å². The lowest BCUT2D eigenvalue weighted by molar-refractivity contribution is 0.0528. The number of halogens is 1. The Morgan fingerprint density at radius 2 is 2.09 bits per heavy atom. The number of nitrogens with zero attached hydrogens (tertiary/aromatic N) is 1. The highest BCUT2D eigenvalue weighted by Gasteiger charge is 2.15. The third-order valence-electron chi connectivity index (χ3n) is 3.01. The summed E-state index contributed by atoms with van der Waals surface area (Å²) in [5, 5.41) is 7.19. The number of anilines is 1. The van der Waals surface area contributed by atoms with Crippen molar-refractivity contribution in [2.45, 2.75) is 32.8 Å². The molecule has 0 fully saturated rings. The number of hydrogen-bond donors (Lipinski definition) is 2. The van der Waals surface area contributed by atoms with Gasteiger partial charge in [0.05, 0.1) is 11.2 Å². The van der Waals surface area contributed by atoms with Crippen LogP contribution in [0.25, 0.3) is 10.9 Å². The van der Waals surface area contributed by atoms with Gasteiger partial charge in [0.1, 0.15) is 5.60 Å². The van der Waals surface area contributed by atoms with E-state index in [0.717, 1.165) is 34.0 Å². The Labute approximate surface area is 144 Å². The second kappa shape index (κ2) is 7.64. The van der Waals surface area contributed by atoms with Crippen molar-refractivity contribution in [2.24, 2.45) is 0 Å². The number of benzene rings is 1. The van der Waals surface area contributed by atoms with E-state index in [4.69, 9.17) is 4.74 Å². The fourth-order valence-electron chi connectivity index (χ4n) is 2.09. The van der Waals surface area contributed by atoms with Gasteiger partial charge in [-0.2, -0.15) is 0 Å². The number of hydrogen-bond acceptors (Lipinski definition) is 4. The van der Waals surface area contributed by atoms with Gasteiger partial charge in [0.15, 0.2) is 0 Å². The fraction of sp³-hybridized carbons (Fsp3) is 0.412. The summed E-state index contributed by atoms with van der Waals surface area (Å²) in [7, 11) is 0. The van der Waals surface area contributed by atoms with Gasteiger partial charge in [0.25, 0.3) is 0 Å². The van der Waals surface area contributed by atoms with Crippen molar-refractivity contribution in [3.8, 4) is 0 Å². The number of carbonyl (C=O) groups excluding carboxylic acids is 1. The van der Waals surface area contributed by atoms with Gasteiger partial charge in [0, 0.05) is 29.1 Å². The number of nitrogens with one attached hydrogen (secondary N) is 2. The predicted octanol–water partition coefficient (Wildman–Crippen LogP) is 4.32.